The molecule has 2 aliphatic rings. The number of carboxylic acids is 2. The standard InChI is InChI=1S/C17H19NO6/c1-2-7-24-12-6-4-3-5-11(12)13(19)18-9-16(14(20)21)8-17(16,10-18)15(22)23/h3-6H,2,7-10H2,1H3,(H,20,21)(H,22,23)/t16-,17+. The Kier molecular flexibility index (Phi) is 3.74. The van der Waals surface area contributed by atoms with E-state index in [1.165, 1.54) is 4.90 Å². The predicted molar refractivity (Wildman–Crippen MR) is 82.9 cm³/mol. The molecule has 1 saturated heterocycles. The van der Waals surface area contributed by atoms with Gasteiger partial charge in [-0.15, -0.1) is 0 Å². The third kappa shape index (κ3) is 2.15. The highest BCUT2D eigenvalue weighted by Gasteiger charge is 2.81. The van der Waals surface area contributed by atoms with E-state index in [4.69, 9.17) is 4.74 Å². The molecule has 2 fully saturated rings. The van der Waals surface area contributed by atoms with Gasteiger partial charge in [0.05, 0.1) is 12.2 Å². The Morgan fingerprint density at radius 1 is 1.12 bits per heavy atom. The molecule has 0 unspecified atom stereocenters. The van der Waals surface area contributed by atoms with Gasteiger partial charge in [0.2, 0.25) is 0 Å². The van der Waals surface area contributed by atoms with Gasteiger partial charge in [-0.2, -0.15) is 0 Å². The van der Waals surface area contributed by atoms with Crippen LogP contribution in [0.1, 0.15) is 30.1 Å². The van der Waals surface area contributed by atoms with Crippen LogP contribution in [0.3, 0.4) is 0 Å². The highest BCUT2D eigenvalue weighted by atomic mass is 16.5. The minimum atomic E-state index is -1.37. The summed E-state index contributed by atoms with van der Waals surface area (Å²) < 4.78 is 5.57. The number of benzene rings is 1. The van der Waals surface area contributed by atoms with Crippen molar-refractivity contribution in [1.82, 2.24) is 4.90 Å². The lowest BCUT2D eigenvalue weighted by molar-refractivity contribution is -0.151. The second kappa shape index (κ2) is 5.51. The van der Waals surface area contributed by atoms with Crippen molar-refractivity contribution < 1.29 is 29.3 Å². The summed E-state index contributed by atoms with van der Waals surface area (Å²) in [4.78, 5) is 37.2. The average Bonchev–Trinajstić information content (AvgIpc) is 3.11. The van der Waals surface area contributed by atoms with Crippen LogP contribution in [-0.4, -0.2) is 52.7 Å². The van der Waals surface area contributed by atoms with Gasteiger partial charge in [0.15, 0.2) is 0 Å². The molecule has 2 atom stereocenters. The van der Waals surface area contributed by atoms with Crippen molar-refractivity contribution in [3.8, 4) is 5.75 Å². The van der Waals surface area contributed by atoms with Gasteiger partial charge < -0.3 is 19.8 Å². The van der Waals surface area contributed by atoms with E-state index in [2.05, 4.69) is 0 Å². The summed E-state index contributed by atoms with van der Waals surface area (Å²) in [6, 6.07) is 6.74. The number of ether oxygens (including phenoxy) is 1. The third-order valence-electron chi connectivity index (χ3n) is 5.00. The number of hydrogen-bond donors (Lipinski definition) is 2. The summed E-state index contributed by atoms with van der Waals surface area (Å²) in [5, 5.41) is 18.9. The number of rotatable bonds is 6. The Morgan fingerprint density at radius 2 is 1.71 bits per heavy atom. The maximum Gasteiger partial charge on any atom is 0.312 e. The summed E-state index contributed by atoms with van der Waals surface area (Å²) in [6.45, 7) is 2.24. The Morgan fingerprint density at radius 3 is 2.25 bits per heavy atom. The first-order chi connectivity index (χ1) is 11.4. The topological polar surface area (TPSA) is 104 Å². The van der Waals surface area contributed by atoms with Gasteiger partial charge in [0, 0.05) is 13.1 Å². The van der Waals surface area contributed by atoms with Crippen LogP contribution in [0.15, 0.2) is 24.3 Å². The third-order valence-corrected chi connectivity index (χ3v) is 5.00. The van der Waals surface area contributed by atoms with Gasteiger partial charge in [-0.25, -0.2) is 0 Å². The highest BCUT2D eigenvalue weighted by Crippen LogP contribution is 2.68. The van der Waals surface area contributed by atoms with E-state index >= 15 is 0 Å². The number of hydrogen-bond acceptors (Lipinski definition) is 4. The predicted octanol–water partition coefficient (Wildman–Crippen LogP) is 1.48. The molecule has 0 aromatic heterocycles. The fourth-order valence-electron chi connectivity index (χ4n) is 3.58. The maximum atomic E-state index is 12.8. The van der Waals surface area contributed by atoms with Gasteiger partial charge in [0.25, 0.3) is 5.91 Å². The van der Waals surface area contributed by atoms with E-state index < -0.39 is 28.7 Å². The van der Waals surface area contributed by atoms with E-state index in [1.54, 1.807) is 24.3 Å². The number of carboxylic acid groups (broad SMARTS) is 2. The molecule has 128 valence electrons. The first-order valence-electron chi connectivity index (χ1n) is 7.86. The van der Waals surface area contributed by atoms with Gasteiger partial charge in [-0.1, -0.05) is 19.1 Å². The molecule has 1 amide bonds. The monoisotopic (exact) mass is 333 g/mol. The molecule has 7 heteroatoms. The molecule has 1 aliphatic carbocycles. The molecule has 0 spiro atoms. The van der Waals surface area contributed by atoms with Gasteiger partial charge in [-0.3, -0.25) is 14.4 Å². The summed E-state index contributed by atoms with van der Waals surface area (Å²) >= 11 is 0. The molecule has 1 heterocycles. The van der Waals surface area contributed by atoms with Crippen LogP contribution >= 0.6 is 0 Å². The van der Waals surface area contributed by atoms with Crippen molar-refractivity contribution in [3.63, 3.8) is 0 Å². The Hall–Kier alpha value is -2.57. The second-order valence-corrected chi connectivity index (χ2v) is 6.46. The van der Waals surface area contributed by atoms with E-state index in [-0.39, 0.29) is 19.5 Å². The lowest BCUT2D eigenvalue weighted by Gasteiger charge is -2.21. The van der Waals surface area contributed by atoms with Crippen molar-refractivity contribution in [2.45, 2.75) is 19.8 Å². The molecule has 1 aliphatic heterocycles. The smallest absolute Gasteiger partial charge is 0.312 e. The van der Waals surface area contributed by atoms with Crippen molar-refractivity contribution in [3.05, 3.63) is 29.8 Å². The molecule has 3 rings (SSSR count). The van der Waals surface area contributed by atoms with Crippen molar-refractivity contribution in [1.29, 1.82) is 0 Å². The van der Waals surface area contributed by atoms with Crippen LogP contribution in [0.25, 0.3) is 0 Å². The lowest BCUT2D eigenvalue weighted by atomic mass is 9.97. The van der Waals surface area contributed by atoms with Crippen LogP contribution in [0.2, 0.25) is 0 Å². The van der Waals surface area contributed by atoms with E-state index in [0.29, 0.717) is 17.9 Å². The number of para-hydroxylation sites is 1. The number of likely N-dealkylation sites (tertiary alicyclic amines) is 1. The summed E-state index contributed by atoms with van der Waals surface area (Å²) in [7, 11) is 0. The fourth-order valence-corrected chi connectivity index (χ4v) is 3.58. The Bertz CT molecular complexity index is 689. The van der Waals surface area contributed by atoms with Crippen LogP contribution in [0, 0.1) is 10.8 Å². The first kappa shape index (κ1) is 16.3. The lowest BCUT2D eigenvalue weighted by Crippen LogP contribution is -2.34. The molecule has 0 radical (unpaired) electrons. The second-order valence-electron chi connectivity index (χ2n) is 6.46. The molecule has 1 aromatic carbocycles. The minimum Gasteiger partial charge on any atom is -0.493 e. The van der Waals surface area contributed by atoms with Gasteiger partial charge in [0.1, 0.15) is 16.6 Å². The highest BCUT2D eigenvalue weighted by molar-refractivity contribution is 6.01. The number of piperidine rings is 1. The normalized spacial score (nSPS) is 27.5. The zero-order valence-electron chi connectivity index (χ0n) is 13.3. The van der Waals surface area contributed by atoms with E-state index in [1.807, 2.05) is 6.92 Å². The molecule has 7 nitrogen and oxygen atoms in total. The van der Waals surface area contributed by atoms with Crippen LogP contribution in [0.5, 0.6) is 5.75 Å². The first-order valence-corrected chi connectivity index (χ1v) is 7.86. The zero-order valence-corrected chi connectivity index (χ0v) is 13.3. The number of carbonyl (C=O) groups is 3. The number of nitrogens with zero attached hydrogens (tertiary/aromatic N) is 1. The molecule has 0 bridgehead atoms. The van der Waals surface area contributed by atoms with Crippen LogP contribution in [0.4, 0.5) is 0 Å². The van der Waals surface area contributed by atoms with Gasteiger partial charge in [-0.05, 0) is 25.0 Å². The fraction of sp³-hybridized carbons (Fsp3) is 0.471. The average molecular weight is 333 g/mol. The van der Waals surface area contributed by atoms with E-state index in [9.17, 15) is 24.6 Å². The summed E-state index contributed by atoms with van der Waals surface area (Å²) in [6.07, 6.45) is 0.860. The number of carbonyl (C=O) groups excluding carboxylic acids is 1. The summed E-state index contributed by atoms with van der Waals surface area (Å²) in [5.74, 6) is -2.28. The number of fused-ring (bicyclic) bond motifs is 1. The number of amides is 1. The summed E-state index contributed by atoms with van der Waals surface area (Å²) in [5.41, 5.74) is -2.41. The largest absolute Gasteiger partial charge is 0.493 e. The van der Waals surface area contributed by atoms with Gasteiger partial charge >= 0.3 is 11.9 Å². The van der Waals surface area contributed by atoms with Crippen molar-refractivity contribution >= 4 is 17.8 Å². The Labute approximate surface area is 138 Å². The molecular formula is C17H19NO6. The number of aliphatic carboxylic acids is 2. The molecule has 24 heavy (non-hydrogen) atoms. The minimum absolute atomic E-state index is 0.0719. The molecule has 1 saturated carbocycles. The maximum absolute atomic E-state index is 12.8. The van der Waals surface area contributed by atoms with E-state index in [0.717, 1.165) is 6.42 Å². The van der Waals surface area contributed by atoms with Crippen molar-refractivity contribution in [2.75, 3.05) is 19.7 Å². The Balaban J connectivity index is 1.86. The van der Waals surface area contributed by atoms with Crippen molar-refractivity contribution in [2.24, 2.45) is 10.8 Å². The molecule has 2 N–H and O–H groups in total. The SMILES string of the molecule is CCCOc1ccccc1C(=O)N1C[C@@]2(C(=O)O)C[C@@]2(C(=O)O)C1. The quantitative estimate of drug-likeness (QED) is 0.817. The molecule has 1 aromatic rings. The zero-order chi connectivity index (χ0) is 17.5. The van der Waals surface area contributed by atoms with Crippen LogP contribution in [-0.2, 0) is 9.59 Å². The molecular weight excluding hydrogens is 314 g/mol. The van der Waals surface area contributed by atoms with Crippen LogP contribution < -0.4 is 4.74 Å².